The Morgan fingerprint density at radius 2 is 2.17 bits per heavy atom. The number of ether oxygens (including phenoxy) is 2. The molecule has 2 aromatic heterocycles. The van der Waals surface area contributed by atoms with Crippen molar-refractivity contribution in [1.29, 1.82) is 0 Å². The number of imidazole rings is 1. The molecule has 8 heteroatoms. The van der Waals surface area contributed by atoms with Crippen LogP contribution in [0.15, 0.2) is 24.8 Å². The number of nitro groups is 1. The van der Waals surface area contributed by atoms with Crippen LogP contribution >= 0.6 is 0 Å². The highest BCUT2D eigenvalue weighted by Crippen LogP contribution is 2.32. The third kappa shape index (κ3) is 1.95. The van der Waals surface area contributed by atoms with Crippen LogP contribution in [0.25, 0.3) is 5.82 Å². The van der Waals surface area contributed by atoms with Crippen LogP contribution in [0.2, 0.25) is 0 Å². The standard InChI is InChI=1S/C10H10N4O4/c1-17-8-5-7(14(15)16)9(12-10(8)18-2)13-4-3-11-6-13/h3-6H,1-2H3. The van der Waals surface area contributed by atoms with Gasteiger partial charge >= 0.3 is 5.69 Å². The van der Waals surface area contributed by atoms with Crippen molar-refractivity contribution in [3.8, 4) is 17.4 Å². The SMILES string of the molecule is COc1cc([N+](=O)[O-])c(-n2ccnc2)nc1OC. The third-order valence-corrected chi connectivity index (χ3v) is 2.27. The fourth-order valence-electron chi connectivity index (χ4n) is 1.46. The van der Waals surface area contributed by atoms with Crippen molar-refractivity contribution < 1.29 is 14.4 Å². The molecule has 0 N–H and O–H groups in total. The van der Waals surface area contributed by atoms with Crippen LogP contribution in [-0.4, -0.2) is 33.7 Å². The van der Waals surface area contributed by atoms with Gasteiger partial charge in [-0.05, 0) is 0 Å². The number of methoxy groups -OCH3 is 2. The number of rotatable bonds is 4. The molecule has 2 rings (SSSR count). The van der Waals surface area contributed by atoms with Gasteiger partial charge in [-0.15, -0.1) is 0 Å². The molecule has 2 aromatic rings. The molecule has 8 nitrogen and oxygen atoms in total. The van der Waals surface area contributed by atoms with E-state index in [0.29, 0.717) is 0 Å². The van der Waals surface area contributed by atoms with Gasteiger partial charge in [0.05, 0.1) is 25.2 Å². The molecule has 0 aromatic carbocycles. The van der Waals surface area contributed by atoms with E-state index in [1.54, 1.807) is 6.20 Å². The Kier molecular flexibility index (Phi) is 3.09. The Bertz CT molecular complexity index is 568. The molecule has 2 heterocycles. The second kappa shape index (κ2) is 4.70. The van der Waals surface area contributed by atoms with Crippen molar-refractivity contribution in [2.45, 2.75) is 0 Å². The van der Waals surface area contributed by atoms with E-state index < -0.39 is 4.92 Å². The van der Waals surface area contributed by atoms with Crippen LogP contribution in [-0.2, 0) is 0 Å². The predicted octanol–water partition coefficient (Wildman–Crippen LogP) is 1.19. The van der Waals surface area contributed by atoms with Crippen molar-refractivity contribution >= 4 is 5.69 Å². The lowest BCUT2D eigenvalue weighted by Gasteiger charge is -2.09. The maximum atomic E-state index is 11.0. The average Bonchev–Trinajstić information content (AvgIpc) is 2.90. The summed E-state index contributed by atoms with van der Waals surface area (Å²) in [6.45, 7) is 0. The second-order valence-corrected chi connectivity index (χ2v) is 3.27. The Morgan fingerprint density at radius 3 is 2.67 bits per heavy atom. The van der Waals surface area contributed by atoms with Crippen molar-refractivity contribution in [3.63, 3.8) is 0 Å². The Hall–Kier alpha value is -2.64. The molecule has 0 radical (unpaired) electrons. The molecule has 0 bridgehead atoms. The lowest BCUT2D eigenvalue weighted by atomic mass is 10.3. The van der Waals surface area contributed by atoms with E-state index in [4.69, 9.17) is 9.47 Å². The average molecular weight is 250 g/mol. The second-order valence-electron chi connectivity index (χ2n) is 3.27. The van der Waals surface area contributed by atoms with Gasteiger partial charge in [0, 0.05) is 12.4 Å². The number of nitrogens with zero attached hydrogens (tertiary/aromatic N) is 4. The van der Waals surface area contributed by atoms with E-state index in [1.165, 1.54) is 37.4 Å². The zero-order chi connectivity index (χ0) is 13.1. The van der Waals surface area contributed by atoms with Gasteiger partial charge in [0.1, 0.15) is 6.33 Å². The largest absolute Gasteiger partial charge is 0.491 e. The van der Waals surface area contributed by atoms with Crippen LogP contribution in [0.1, 0.15) is 0 Å². The lowest BCUT2D eigenvalue weighted by molar-refractivity contribution is -0.385. The van der Waals surface area contributed by atoms with E-state index in [9.17, 15) is 10.1 Å². The first-order valence-corrected chi connectivity index (χ1v) is 4.93. The summed E-state index contributed by atoms with van der Waals surface area (Å²) in [5.41, 5.74) is -0.189. The molecule has 0 fully saturated rings. The van der Waals surface area contributed by atoms with E-state index in [-0.39, 0.29) is 23.1 Å². The molecule has 0 aliphatic heterocycles. The summed E-state index contributed by atoms with van der Waals surface area (Å²) < 4.78 is 11.4. The zero-order valence-corrected chi connectivity index (χ0v) is 9.73. The van der Waals surface area contributed by atoms with E-state index in [2.05, 4.69) is 9.97 Å². The Labute approximate surface area is 102 Å². The first kappa shape index (κ1) is 11.8. The number of aromatic nitrogens is 3. The van der Waals surface area contributed by atoms with Gasteiger partial charge in [-0.1, -0.05) is 0 Å². The third-order valence-electron chi connectivity index (χ3n) is 2.27. The van der Waals surface area contributed by atoms with Crippen molar-refractivity contribution in [1.82, 2.24) is 14.5 Å². The summed E-state index contributed by atoms with van der Waals surface area (Å²) in [6, 6.07) is 1.27. The topological polar surface area (TPSA) is 92.3 Å². The summed E-state index contributed by atoms with van der Waals surface area (Å²) >= 11 is 0. The molecule has 0 atom stereocenters. The minimum absolute atomic E-state index is 0.121. The summed E-state index contributed by atoms with van der Waals surface area (Å²) in [6.07, 6.45) is 4.48. The highest BCUT2D eigenvalue weighted by Gasteiger charge is 2.22. The van der Waals surface area contributed by atoms with Gasteiger partial charge in [-0.25, -0.2) is 4.98 Å². The summed E-state index contributed by atoms with van der Waals surface area (Å²) in [4.78, 5) is 18.4. The predicted molar refractivity (Wildman–Crippen MR) is 61.1 cm³/mol. The molecule has 0 unspecified atom stereocenters. The molecule has 0 amide bonds. The number of hydrogen-bond donors (Lipinski definition) is 0. The van der Waals surface area contributed by atoms with Gasteiger partial charge in [0.25, 0.3) is 5.88 Å². The fraction of sp³-hybridized carbons (Fsp3) is 0.200. The first-order chi connectivity index (χ1) is 8.67. The number of hydrogen-bond acceptors (Lipinski definition) is 6. The van der Waals surface area contributed by atoms with Gasteiger partial charge < -0.3 is 9.47 Å². The monoisotopic (exact) mass is 250 g/mol. The van der Waals surface area contributed by atoms with Crippen LogP contribution in [0, 0.1) is 10.1 Å². The minimum Gasteiger partial charge on any atom is -0.491 e. The van der Waals surface area contributed by atoms with Gasteiger partial charge in [-0.2, -0.15) is 4.98 Å². The van der Waals surface area contributed by atoms with Crippen LogP contribution in [0.5, 0.6) is 11.6 Å². The van der Waals surface area contributed by atoms with Crippen molar-refractivity contribution in [3.05, 3.63) is 34.9 Å². The van der Waals surface area contributed by atoms with Crippen molar-refractivity contribution in [2.24, 2.45) is 0 Å². The highest BCUT2D eigenvalue weighted by atomic mass is 16.6. The smallest absolute Gasteiger partial charge is 0.316 e. The van der Waals surface area contributed by atoms with Gasteiger partial charge in [0.2, 0.25) is 5.82 Å². The lowest BCUT2D eigenvalue weighted by Crippen LogP contribution is -2.04. The molecule has 94 valence electrons. The molecule has 0 saturated heterocycles. The Morgan fingerprint density at radius 1 is 1.39 bits per heavy atom. The van der Waals surface area contributed by atoms with Crippen molar-refractivity contribution in [2.75, 3.05) is 14.2 Å². The van der Waals surface area contributed by atoms with Crippen LogP contribution in [0.4, 0.5) is 5.69 Å². The molecular formula is C10H10N4O4. The summed E-state index contributed by atoms with van der Waals surface area (Å²) in [5, 5.41) is 11.0. The maximum Gasteiger partial charge on any atom is 0.316 e. The van der Waals surface area contributed by atoms with Crippen LogP contribution in [0.3, 0.4) is 0 Å². The van der Waals surface area contributed by atoms with E-state index in [1.807, 2.05) is 0 Å². The maximum absolute atomic E-state index is 11.0. The normalized spacial score (nSPS) is 10.1. The summed E-state index contributed by atoms with van der Waals surface area (Å²) in [5.74, 6) is 0.495. The fourth-order valence-corrected chi connectivity index (χ4v) is 1.46. The van der Waals surface area contributed by atoms with Gasteiger partial charge in [-0.3, -0.25) is 14.7 Å². The van der Waals surface area contributed by atoms with Crippen LogP contribution < -0.4 is 9.47 Å². The highest BCUT2D eigenvalue weighted by molar-refractivity contribution is 5.54. The van der Waals surface area contributed by atoms with E-state index in [0.717, 1.165) is 0 Å². The molecule has 0 aliphatic rings. The minimum atomic E-state index is -0.537. The molecular weight excluding hydrogens is 240 g/mol. The van der Waals surface area contributed by atoms with E-state index >= 15 is 0 Å². The molecule has 0 saturated carbocycles. The molecule has 0 aliphatic carbocycles. The summed E-state index contributed by atoms with van der Waals surface area (Å²) in [7, 11) is 2.80. The Balaban J connectivity index is 2.66. The molecule has 0 spiro atoms. The first-order valence-electron chi connectivity index (χ1n) is 4.93. The molecule has 18 heavy (non-hydrogen) atoms. The number of pyridine rings is 1. The quantitative estimate of drug-likeness (QED) is 0.597. The van der Waals surface area contributed by atoms with Gasteiger partial charge in [0.15, 0.2) is 5.75 Å². The zero-order valence-electron chi connectivity index (χ0n) is 9.73.